The lowest BCUT2D eigenvalue weighted by atomic mass is 10.0. The highest BCUT2D eigenvalue weighted by atomic mass is 15.1. The van der Waals surface area contributed by atoms with Gasteiger partial charge in [0.2, 0.25) is 5.95 Å². The minimum Gasteiger partial charge on any atom is -0.357 e. The van der Waals surface area contributed by atoms with Crippen LogP contribution in [0.1, 0.15) is 36.9 Å². The highest BCUT2D eigenvalue weighted by Crippen LogP contribution is 2.18. The second-order valence-electron chi connectivity index (χ2n) is 4.80. The average Bonchev–Trinajstić information content (AvgIpc) is 2.53. The molecule has 4 nitrogen and oxygen atoms in total. The third kappa shape index (κ3) is 4.03. The molecule has 0 radical (unpaired) electrons. The number of nitrogens with zero attached hydrogens (tertiary/aromatic N) is 2. The van der Waals surface area contributed by atoms with Crippen molar-refractivity contribution >= 4 is 5.95 Å². The van der Waals surface area contributed by atoms with Crippen LogP contribution in [-0.2, 0) is 6.54 Å². The van der Waals surface area contributed by atoms with Gasteiger partial charge in [0.1, 0.15) is 0 Å². The number of hydrogen-bond acceptors (Lipinski definition) is 4. The number of benzene rings is 1. The summed E-state index contributed by atoms with van der Waals surface area (Å²) in [6.45, 7) is 2.99. The Kier molecular flexibility index (Phi) is 5.50. The Morgan fingerprint density at radius 3 is 2.40 bits per heavy atom. The molecule has 0 unspecified atom stereocenters. The summed E-state index contributed by atoms with van der Waals surface area (Å²) in [7, 11) is 1.82. The van der Waals surface area contributed by atoms with E-state index in [0.717, 1.165) is 24.9 Å². The van der Waals surface area contributed by atoms with Crippen LogP contribution < -0.4 is 10.6 Å². The predicted molar refractivity (Wildman–Crippen MR) is 82.5 cm³/mol. The van der Waals surface area contributed by atoms with E-state index >= 15 is 0 Å². The van der Waals surface area contributed by atoms with Crippen molar-refractivity contribution in [2.45, 2.75) is 32.4 Å². The summed E-state index contributed by atoms with van der Waals surface area (Å²) in [5, 5.41) is 6.51. The summed E-state index contributed by atoms with van der Waals surface area (Å²) < 4.78 is 0. The van der Waals surface area contributed by atoms with E-state index in [9.17, 15) is 0 Å². The summed E-state index contributed by atoms with van der Waals surface area (Å²) in [6, 6.07) is 11.0. The van der Waals surface area contributed by atoms with Gasteiger partial charge in [-0.1, -0.05) is 43.7 Å². The van der Waals surface area contributed by atoms with Crippen LogP contribution in [0.15, 0.2) is 42.7 Å². The van der Waals surface area contributed by atoms with E-state index in [4.69, 9.17) is 0 Å². The molecule has 1 aromatic carbocycles. The van der Waals surface area contributed by atoms with E-state index < -0.39 is 0 Å². The van der Waals surface area contributed by atoms with Gasteiger partial charge in [0, 0.05) is 37.6 Å². The van der Waals surface area contributed by atoms with Crippen LogP contribution in [0.3, 0.4) is 0 Å². The molecule has 2 aromatic rings. The second-order valence-corrected chi connectivity index (χ2v) is 4.80. The zero-order chi connectivity index (χ0) is 14.2. The summed E-state index contributed by atoms with van der Waals surface area (Å²) in [4.78, 5) is 8.46. The fraction of sp³-hybridized carbons (Fsp3) is 0.375. The molecular weight excluding hydrogens is 248 g/mol. The Morgan fingerprint density at radius 2 is 1.80 bits per heavy atom. The van der Waals surface area contributed by atoms with Crippen LogP contribution in [0.5, 0.6) is 0 Å². The number of nitrogens with one attached hydrogen (secondary N) is 2. The van der Waals surface area contributed by atoms with Crippen LogP contribution in [0, 0.1) is 0 Å². The highest BCUT2D eigenvalue weighted by molar-refractivity contribution is 5.23. The van der Waals surface area contributed by atoms with Gasteiger partial charge in [-0.05, 0) is 12.0 Å². The van der Waals surface area contributed by atoms with Crippen molar-refractivity contribution in [3.8, 4) is 0 Å². The lowest BCUT2D eigenvalue weighted by Crippen LogP contribution is -2.21. The van der Waals surface area contributed by atoms with E-state index in [0.29, 0.717) is 12.0 Å². The van der Waals surface area contributed by atoms with Gasteiger partial charge in [-0.3, -0.25) is 0 Å². The normalized spacial score (nSPS) is 12.1. The fourth-order valence-electron chi connectivity index (χ4n) is 2.18. The smallest absolute Gasteiger partial charge is 0.222 e. The lowest BCUT2D eigenvalue weighted by molar-refractivity contribution is 0.492. The minimum absolute atomic E-state index is 0.380. The average molecular weight is 270 g/mol. The van der Waals surface area contributed by atoms with Crippen molar-refractivity contribution in [3.63, 3.8) is 0 Å². The van der Waals surface area contributed by atoms with Crippen molar-refractivity contribution in [1.29, 1.82) is 0 Å². The van der Waals surface area contributed by atoms with Crippen molar-refractivity contribution < 1.29 is 0 Å². The number of rotatable bonds is 7. The molecule has 1 heterocycles. The first-order valence-corrected chi connectivity index (χ1v) is 7.10. The molecule has 0 saturated carbocycles. The molecule has 4 heteroatoms. The first kappa shape index (κ1) is 14.5. The molecule has 2 N–H and O–H groups in total. The van der Waals surface area contributed by atoms with Gasteiger partial charge in [0.25, 0.3) is 0 Å². The van der Waals surface area contributed by atoms with Crippen molar-refractivity contribution in [1.82, 2.24) is 15.3 Å². The van der Waals surface area contributed by atoms with E-state index in [2.05, 4.69) is 57.9 Å². The fourth-order valence-corrected chi connectivity index (χ4v) is 2.18. The monoisotopic (exact) mass is 270 g/mol. The molecule has 0 bridgehead atoms. The Labute approximate surface area is 120 Å². The van der Waals surface area contributed by atoms with Crippen LogP contribution >= 0.6 is 0 Å². The Morgan fingerprint density at radius 1 is 1.10 bits per heavy atom. The summed E-state index contributed by atoms with van der Waals surface area (Å²) in [5.74, 6) is 0.655. The SMILES string of the molecule is CCC[C@@H](NCc1cnc(NC)nc1)c1ccccc1. The Balaban J connectivity index is 1.98. The van der Waals surface area contributed by atoms with Gasteiger partial charge in [-0.25, -0.2) is 9.97 Å². The topological polar surface area (TPSA) is 49.8 Å². The first-order chi connectivity index (χ1) is 9.83. The van der Waals surface area contributed by atoms with E-state index in [1.165, 1.54) is 5.56 Å². The summed E-state index contributed by atoms with van der Waals surface area (Å²) >= 11 is 0. The van der Waals surface area contributed by atoms with E-state index in [1.807, 2.05) is 19.4 Å². The van der Waals surface area contributed by atoms with Gasteiger partial charge in [0.15, 0.2) is 0 Å². The van der Waals surface area contributed by atoms with E-state index in [1.54, 1.807) is 0 Å². The molecule has 0 amide bonds. The van der Waals surface area contributed by atoms with Gasteiger partial charge in [0.05, 0.1) is 0 Å². The van der Waals surface area contributed by atoms with Gasteiger partial charge in [-0.15, -0.1) is 0 Å². The zero-order valence-corrected chi connectivity index (χ0v) is 12.1. The molecule has 0 aliphatic carbocycles. The molecule has 106 valence electrons. The molecule has 2 rings (SSSR count). The molecule has 1 atom stereocenters. The van der Waals surface area contributed by atoms with Crippen molar-refractivity contribution in [2.75, 3.05) is 12.4 Å². The molecule has 0 saturated heterocycles. The maximum atomic E-state index is 4.23. The third-order valence-corrected chi connectivity index (χ3v) is 3.26. The molecule has 0 aliphatic heterocycles. The lowest BCUT2D eigenvalue weighted by Gasteiger charge is -2.18. The standard InChI is InChI=1S/C16H22N4/c1-3-7-15(14-8-5-4-6-9-14)18-10-13-11-19-16(17-2)20-12-13/h4-6,8-9,11-12,15,18H,3,7,10H2,1-2H3,(H,17,19,20)/t15-/m1/s1. The van der Waals surface area contributed by atoms with Gasteiger partial charge in [-0.2, -0.15) is 0 Å². The van der Waals surface area contributed by atoms with Gasteiger partial charge < -0.3 is 10.6 Å². The van der Waals surface area contributed by atoms with Crippen LogP contribution in [0.25, 0.3) is 0 Å². The molecule has 20 heavy (non-hydrogen) atoms. The summed E-state index contributed by atoms with van der Waals surface area (Å²) in [5.41, 5.74) is 2.43. The molecule has 1 aromatic heterocycles. The van der Waals surface area contributed by atoms with E-state index in [-0.39, 0.29) is 0 Å². The zero-order valence-electron chi connectivity index (χ0n) is 12.1. The number of aromatic nitrogens is 2. The largest absolute Gasteiger partial charge is 0.357 e. The molecule has 0 aliphatic rings. The first-order valence-electron chi connectivity index (χ1n) is 7.10. The van der Waals surface area contributed by atoms with Crippen LogP contribution in [-0.4, -0.2) is 17.0 Å². The van der Waals surface area contributed by atoms with Crippen molar-refractivity contribution in [3.05, 3.63) is 53.9 Å². The Bertz CT molecular complexity index is 496. The molecule has 0 fully saturated rings. The molecule has 0 spiro atoms. The quantitative estimate of drug-likeness (QED) is 0.811. The maximum absolute atomic E-state index is 4.23. The number of hydrogen-bond donors (Lipinski definition) is 2. The van der Waals surface area contributed by atoms with Crippen molar-refractivity contribution in [2.24, 2.45) is 0 Å². The minimum atomic E-state index is 0.380. The third-order valence-electron chi connectivity index (χ3n) is 3.26. The predicted octanol–water partition coefficient (Wildman–Crippen LogP) is 3.15. The number of anilines is 1. The Hall–Kier alpha value is -1.94. The van der Waals surface area contributed by atoms with Gasteiger partial charge >= 0.3 is 0 Å². The molecular formula is C16H22N4. The summed E-state index contributed by atoms with van der Waals surface area (Å²) in [6.07, 6.45) is 6.00. The maximum Gasteiger partial charge on any atom is 0.222 e. The van der Waals surface area contributed by atoms with Crippen LogP contribution in [0.4, 0.5) is 5.95 Å². The second kappa shape index (κ2) is 7.60. The highest BCUT2D eigenvalue weighted by Gasteiger charge is 2.09. The van der Waals surface area contributed by atoms with Crippen LogP contribution in [0.2, 0.25) is 0 Å².